The van der Waals surface area contributed by atoms with Gasteiger partial charge in [-0.3, -0.25) is 4.68 Å². The molecule has 1 fully saturated rings. The van der Waals surface area contributed by atoms with Crippen molar-refractivity contribution < 1.29 is 5.11 Å². The molecule has 1 aliphatic rings. The van der Waals surface area contributed by atoms with Gasteiger partial charge < -0.3 is 10.4 Å². The summed E-state index contributed by atoms with van der Waals surface area (Å²) >= 11 is 0. The van der Waals surface area contributed by atoms with Crippen LogP contribution >= 0.6 is 0 Å². The van der Waals surface area contributed by atoms with Crippen LogP contribution in [0.4, 0.5) is 0 Å². The maximum absolute atomic E-state index is 10.5. The van der Waals surface area contributed by atoms with Crippen LogP contribution in [0.25, 0.3) is 0 Å². The van der Waals surface area contributed by atoms with Gasteiger partial charge >= 0.3 is 0 Å². The standard InChI is InChI=1S/C13H23N3O/c1-4-11-10(8-16(3)15-11)13(17)12-7-9(2)5-6-14-12/h8-9,12-14,17H,4-7H2,1-3H3. The van der Waals surface area contributed by atoms with E-state index in [-0.39, 0.29) is 6.04 Å². The van der Waals surface area contributed by atoms with Crippen molar-refractivity contribution in [3.05, 3.63) is 17.5 Å². The molecule has 0 spiro atoms. The summed E-state index contributed by atoms with van der Waals surface area (Å²) in [5, 5.41) is 18.3. The third-order valence-corrected chi connectivity index (χ3v) is 3.67. The third-order valence-electron chi connectivity index (χ3n) is 3.67. The Morgan fingerprint density at radius 1 is 1.65 bits per heavy atom. The lowest BCUT2D eigenvalue weighted by Gasteiger charge is -2.31. The van der Waals surface area contributed by atoms with Gasteiger partial charge in [0, 0.05) is 24.8 Å². The molecule has 4 nitrogen and oxygen atoms in total. The van der Waals surface area contributed by atoms with E-state index in [0.717, 1.165) is 30.6 Å². The topological polar surface area (TPSA) is 50.1 Å². The molecule has 0 amide bonds. The van der Waals surface area contributed by atoms with Crippen LogP contribution in [0.5, 0.6) is 0 Å². The van der Waals surface area contributed by atoms with Gasteiger partial charge in [-0.2, -0.15) is 5.10 Å². The van der Waals surface area contributed by atoms with Crippen LogP contribution in [0, 0.1) is 5.92 Å². The molecule has 4 heteroatoms. The zero-order chi connectivity index (χ0) is 12.4. The lowest BCUT2D eigenvalue weighted by molar-refractivity contribution is 0.101. The van der Waals surface area contributed by atoms with Gasteiger partial charge in [-0.1, -0.05) is 13.8 Å². The average Bonchev–Trinajstić information content (AvgIpc) is 2.69. The van der Waals surface area contributed by atoms with E-state index in [4.69, 9.17) is 0 Å². The van der Waals surface area contributed by atoms with Crippen LogP contribution in [0.1, 0.15) is 44.1 Å². The number of aliphatic hydroxyl groups excluding tert-OH is 1. The molecule has 2 rings (SSSR count). The second-order valence-corrected chi connectivity index (χ2v) is 5.19. The van der Waals surface area contributed by atoms with Crippen molar-refractivity contribution in [1.82, 2.24) is 15.1 Å². The average molecular weight is 237 g/mol. The summed E-state index contributed by atoms with van der Waals surface area (Å²) in [6.07, 6.45) is 4.64. The molecule has 1 saturated heterocycles. The maximum Gasteiger partial charge on any atom is 0.0976 e. The Morgan fingerprint density at radius 2 is 2.41 bits per heavy atom. The fourth-order valence-electron chi connectivity index (χ4n) is 2.68. The molecule has 96 valence electrons. The first-order valence-electron chi connectivity index (χ1n) is 6.55. The molecule has 0 radical (unpaired) electrons. The van der Waals surface area contributed by atoms with Crippen LogP contribution in [-0.2, 0) is 13.5 Å². The molecule has 1 aliphatic heterocycles. The summed E-state index contributed by atoms with van der Waals surface area (Å²) in [5.74, 6) is 0.692. The Hall–Kier alpha value is -0.870. The first-order valence-corrected chi connectivity index (χ1v) is 6.55. The highest BCUT2D eigenvalue weighted by Crippen LogP contribution is 2.27. The molecule has 0 saturated carbocycles. The summed E-state index contributed by atoms with van der Waals surface area (Å²) < 4.78 is 1.80. The van der Waals surface area contributed by atoms with E-state index in [0.29, 0.717) is 5.92 Å². The van der Waals surface area contributed by atoms with Crippen molar-refractivity contribution in [1.29, 1.82) is 0 Å². The van der Waals surface area contributed by atoms with E-state index in [1.54, 1.807) is 4.68 Å². The highest BCUT2D eigenvalue weighted by molar-refractivity contribution is 5.21. The van der Waals surface area contributed by atoms with Crippen LogP contribution in [-0.4, -0.2) is 27.5 Å². The largest absolute Gasteiger partial charge is 0.387 e. The first-order chi connectivity index (χ1) is 8.11. The van der Waals surface area contributed by atoms with Crippen molar-refractivity contribution in [2.45, 2.75) is 45.3 Å². The number of hydrogen-bond acceptors (Lipinski definition) is 3. The summed E-state index contributed by atoms with van der Waals surface area (Å²) in [4.78, 5) is 0. The Labute approximate surface area is 103 Å². The smallest absolute Gasteiger partial charge is 0.0976 e. The quantitative estimate of drug-likeness (QED) is 0.835. The van der Waals surface area contributed by atoms with Gasteiger partial charge in [-0.15, -0.1) is 0 Å². The first kappa shape index (κ1) is 12.6. The van der Waals surface area contributed by atoms with Crippen molar-refractivity contribution >= 4 is 0 Å². The molecule has 3 atom stereocenters. The molecule has 0 bridgehead atoms. The van der Waals surface area contributed by atoms with Crippen LogP contribution in [0.2, 0.25) is 0 Å². The predicted molar refractivity (Wildman–Crippen MR) is 67.7 cm³/mol. The molecule has 1 aromatic rings. The monoisotopic (exact) mass is 237 g/mol. The Morgan fingerprint density at radius 3 is 3.06 bits per heavy atom. The van der Waals surface area contributed by atoms with Crippen LogP contribution < -0.4 is 5.32 Å². The van der Waals surface area contributed by atoms with E-state index >= 15 is 0 Å². The highest BCUT2D eigenvalue weighted by Gasteiger charge is 2.28. The SMILES string of the molecule is CCc1nn(C)cc1C(O)C1CC(C)CCN1. The number of piperidine rings is 1. The molecular formula is C13H23N3O. The lowest BCUT2D eigenvalue weighted by atomic mass is 9.88. The van der Waals surface area contributed by atoms with Gasteiger partial charge in [0.2, 0.25) is 0 Å². The summed E-state index contributed by atoms with van der Waals surface area (Å²) in [5.41, 5.74) is 2.00. The number of aryl methyl sites for hydroxylation is 2. The number of nitrogens with one attached hydrogen (secondary N) is 1. The molecule has 0 aromatic carbocycles. The van der Waals surface area contributed by atoms with Crippen LogP contribution in [0.15, 0.2) is 6.20 Å². The maximum atomic E-state index is 10.5. The second kappa shape index (κ2) is 5.19. The normalized spacial score (nSPS) is 27.1. The van der Waals surface area contributed by atoms with Crippen LogP contribution in [0.3, 0.4) is 0 Å². The summed E-state index contributed by atoms with van der Waals surface area (Å²) in [6, 6.07) is 0.174. The minimum Gasteiger partial charge on any atom is -0.387 e. The molecule has 1 aromatic heterocycles. The van der Waals surface area contributed by atoms with E-state index < -0.39 is 6.10 Å². The Kier molecular flexibility index (Phi) is 3.84. The summed E-state index contributed by atoms with van der Waals surface area (Å²) in [7, 11) is 1.91. The van der Waals surface area contributed by atoms with E-state index in [9.17, 15) is 5.11 Å². The fraction of sp³-hybridized carbons (Fsp3) is 0.769. The molecule has 0 aliphatic carbocycles. The predicted octanol–water partition coefficient (Wildman–Crippen LogP) is 1.40. The second-order valence-electron chi connectivity index (χ2n) is 5.19. The van der Waals surface area contributed by atoms with E-state index in [2.05, 4.69) is 24.3 Å². The van der Waals surface area contributed by atoms with E-state index in [1.807, 2.05) is 13.2 Å². The van der Waals surface area contributed by atoms with Gasteiger partial charge in [-0.25, -0.2) is 0 Å². The van der Waals surface area contributed by atoms with E-state index in [1.165, 1.54) is 6.42 Å². The minimum atomic E-state index is -0.429. The molecular weight excluding hydrogens is 214 g/mol. The fourth-order valence-corrected chi connectivity index (χ4v) is 2.68. The zero-order valence-electron chi connectivity index (χ0n) is 11.0. The zero-order valence-corrected chi connectivity index (χ0v) is 11.0. The molecule has 3 unspecified atom stereocenters. The number of nitrogens with zero attached hydrogens (tertiary/aromatic N) is 2. The van der Waals surface area contributed by atoms with Gasteiger partial charge in [0.25, 0.3) is 0 Å². The van der Waals surface area contributed by atoms with Gasteiger partial charge in [0.1, 0.15) is 0 Å². The number of rotatable bonds is 3. The Balaban J connectivity index is 2.14. The third kappa shape index (κ3) is 2.69. The van der Waals surface area contributed by atoms with Crippen molar-refractivity contribution in [2.24, 2.45) is 13.0 Å². The summed E-state index contributed by atoms with van der Waals surface area (Å²) in [6.45, 7) is 5.34. The number of aliphatic hydroxyl groups is 1. The number of aromatic nitrogens is 2. The van der Waals surface area contributed by atoms with Crippen molar-refractivity contribution in [2.75, 3.05) is 6.54 Å². The highest BCUT2D eigenvalue weighted by atomic mass is 16.3. The lowest BCUT2D eigenvalue weighted by Crippen LogP contribution is -2.41. The Bertz CT molecular complexity index is 375. The molecule has 17 heavy (non-hydrogen) atoms. The number of hydrogen-bond donors (Lipinski definition) is 2. The minimum absolute atomic E-state index is 0.174. The molecule has 2 heterocycles. The van der Waals surface area contributed by atoms with Crippen molar-refractivity contribution in [3.63, 3.8) is 0 Å². The van der Waals surface area contributed by atoms with Crippen molar-refractivity contribution in [3.8, 4) is 0 Å². The van der Waals surface area contributed by atoms with Gasteiger partial charge in [0.05, 0.1) is 11.8 Å². The molecule has 2 N–H and O–H groups in total. The van der Waals surface area contributed by atoms with Gasteiger partial charge in [-0.05, 0) is 31.7 Å². The van der Waals surface area contributed by atoms with Gasteiger partial charge in [0.15, 0.2) is 0 Å².